The molecule has 0 aliphatic rings. The minimum atomic E-state index is -0.814. The van der Waals surface area contributed by atoms with Crippen molar-refractivity contribution in [2.45, 2.75) is 13.0 Å². The molecule has 1 amide bonds. The number of nitrogen functional groups attached to an aromatic ring is 2. The minimum Gasteiger partial charge on any atom is -0.383 e. The highest BCUT2D eigenvalue weighted by atomic mass is 16.2. The number of aromatic nitrogens is 6. The summed E-state index contributed by atoms with van der Waals surface area (Å²) in [6.45, 7) is 1.66. The zero-order valence-corrected chi connectivity index (χ0v) is 21.6. The molecule has 6 N–H and O–H groups in total. The van der Waals surface area contributed by atoms with E-state index in [1.165, 1.54) is 10.8 Å². The number of carbonyl (C=O) groups excluding carboxylic acids is 1. The van der Waals surface area contributed by atoms with Crippen molar-refractivity contribution in [2.24, 2.45) is 7.05 Å². The molecule has 0 aliphatic heterocycles. The molecule has 12 nitrogen and oxygen atoms in total. The monoisotopic (exact) mass is 532 g/mol. The van der Waals surface area contributed by atoms with E-state index in [1.807, 2.05) is 0 Å². The van der Waals surface area contributed by atoms with Crippen LogP contribution in [0.25, 0.3) is 16.6 Å². The van der Waals surface area contributed by atoms with Gasteiger partial charge in [-0.1, -0.05) is 24.1 Å². The molecule has 0 saturated carbocycles. The van der Waals surface area contributed by atoms with Crippen LogP contribution in [0.4, 0.5) is 11.6 Å². The van der Waals surface area contributed by atoms with E-state index in [4.69, 9.17) is 16.9 Å². The first-order chi connectivity index (χ1) is 19.2. The van der Waals surface area contributed by atoms with Crippen molar-refractivity contribution in [1.82, 2.24) is 34.6 Å². The van der Waals surface area contributed by atoms with Gasteiger partial charge in [0, 0.05) is 31.0 Å². The summed E-state index contributed by atoms with van der Waals surface area (Å²) in [6.07, 6.45) is 6.33. The summed E-state index contributed by atoms with van der Waals surface area (Å²) in [5.41, 5.74) is 12.8. The summed E-state index contributed by atoms with van der Waals surface area (Å²) in [5, 5.41) is 16.0. The molecule has 1 aromatic carbocycles. The molecule has 198 valence electrons. The zero-order chi connectivity index (χ0) is 28.4. The lowest BCUT2D eigenvalue weighted by Crippen LogP contribution is -2.36. The molecule has 5 aromatic rings. The third kappa shape index (κ3) is 4.86. The Hall–Kier alpha value is -5.83. The van der Waals surface area contributed by atoms with E-state index in [0.717, 1.165) is 0 Å². The van der Waals surface area contributed by atoms with Crippen LogP contribution in [0.5, 0.6) is 0 Å². The minimum absolute atomic E-state index is 0.0137. The number of fused-ring (bicyclic) bond motifs is 1. The van der Waals surface area contributed by atoms with E-state index in [-0.39, 0.29) is 34.3 Å². The Morgan fingerprint density at radius 3 is 2.55 bits per heavy atom. The molecule has 40 heavy (non-hydrogen) atoms. The van der Waals surface area contributed by atoms with Crippen LogP contribution in [-0.4, -0.2) is 40.9 Å². The molecule has 0 fully saturated rings. The highest BCUT2D eigenvalue weighted by molar-refractivity contribution is 6.13. The molecule has 1 unspecified atom stereocenters. The summed E-state index contributed by atoms with van der Waals surface area (Å²) in [6, 6.07) is 11.4. The van der Waals surface area contributed by atoms with Crippen LogP contribution in [0.3, 0.4) is 0 Å². The van der Waals surface area contributed by atoms with Gasteiger partial charge in [0.2, 0.25) is 0 Å². The third-order valence-corrected chi connectivity index (χ3v) is 6.07. The molecule has 4 heterocycles. The second-order valence-corrected chi connectivity index (χ2v) is 8.89. The Labute approximate surface area is 228 Å². The number of hydrogen-bond donors (Lipinski definition) is 4. The third-order valence-electron chi connectivity index (χ3n) is 6.07. The maximum absolute atomic E-state index is 13.8. The highest BCUT2D eigenvalue weighted by Gasteiger charge is 2.25. The lowest BCUT2D eigenvalue weighted by Gasteiger charge is -2.21. The predicted molar refractivity (Wildman–Crippen MR) is 151 cm³/mol. The number of nitrogens with two attached hydrogens (primary N) is 2. The first-order valence-corrected chi connectivity index (χ1v) is 12.1. The number of rotatable bonds is 5. The van der Waals surface area contributed by atoms with Crippen molar-refractivity contribution < 1.29 is 4.79 Å². The van der Waals surface area contributed by atoms with Gasteiger partial charge in [-0.05, 0) is 37.1 Å². The first-order valence-electron chi connectivity index (χ1n) is 12.1. The fraction of sp³-hybridized carbons (Fsp3) is 0.107. The molecule has 0 spiro atoms. The molecule has 0 aliphatic carbocycles. The molecule has 4 aromatic heterocycles. The van der Waals surface area contributed by atoms with Crippen molar-refractivity contribution in [3.05, 3.63) is 100 Å². The van der Waals surface area contributed by atoms with E-state index in [1.54, 1.807) is 79.7 Å². The van der Waals surface area contributed by atoms with E-state index >= 15 is 0 Å². The summed E-state index contributed by atoms with van der Waals surface area (Å²) in [4.78, 5) is 40.1. The fourth-order valence-electron chi connectivity index (χ4n) is 4.20. The van der Waals surface area contributed by atoms with Crippen molar-refractivity contribution >= 4 is 34.2 Å². The number of para-hydroxylation sites is 1. The van der Waals surface area contributed by atoms with Crippen molar-refractivity contribution in [3.63, 3.8) is 0 Å². The van der Waals surface area contributed by atoms with Gasteiger partial charge in [0.05, 0.1) is 29.0 Å². The average molecular weight is 533 g/mol. The van der Waals surface area contributed by atoms with Gasteiger partial charge in [0.15, 0.2) is 0 Å². The van der Waals surface area contributed by atoms with Crippen molar-refractivity contribution in [2.75, 3.05) is 11.5 Å². The summed E-state index contributed by atoms with van der Waals surface area (Å²) in [7, 11) is 1.75. The SMILES string of the molecule is CC(NC(=O)c1c(N)ncc2cccnc12)c1nc(N)c(C(=N)C#Cc2cnn(C)c2)c(=O)n1-c1ccccc1. The molecule has 1 atom stereocenters. The van der Waals surface area contributed by atoms with Gasteiger partial charge in [-0.15, -0.1) is 0 Å². The number of pyridine rings is 2. The number of hydrogen-bond acceptors (Lipinski definition) is 9. The van der Waals surface area contributed by atoms with Gasteiger partial charge in [-0.25, -0.2) is 9.97 Å². The van der Waals surface area contributed by atoms with Crippen LogP contribution in [-0.2, 0) is 7.05 Å². The standard InChI is InChI=1S/C28H24N10O2/c1-16(35-27(39)22-23-18(7-6-12-32-23)14-33-24(22)30)26-36-25(31)21(20(29)11-10-17-13-34-37(2)15-17)28(40)38(26)19-8-4-3-5-9-19/h3-9,12-16,29H,31H2,1-2H3,(H2,30,33)(H,35,39). The van der Waals surface area contributed by atoms with Gasteiger partial charge in [0.1, 0.15) is 34.3 Å². The topological polar surface area (TPSA) is 183 Å². The summed E-state index contributed by atoms with van der Waals surface area (Å²) < 4.78 is 2.88. The van der Waals surface area contributed by atoms with Gasteiger partial charge in [-0.3, -0.25) is 29.2 Å². The normalized spacial score (nSPS) is 11.4. The molecular formula is C28H24N10O2. The van der Waals surface area contributed by atoms with Gasteiger partial charge in [-0.2, -0.15) is 5.10 Å². The maximum Gasteiger partial charge on any atom is 0.270 e. The number of nitrogens with zero attached hydrogens (tertiary/aromatic N) is 6. The van der Waals surface area contributed by atoms with Crippen LogP contribution < -0.4 is 22.3 Å². The van der Waals surface area contributed by atoms with Crippen LogP contribution in [0.15, 0.2) is 72.0 Å². The number of carbonyl (C=O) groups is 1. The Kier molecular flexibility index (Phi) is 6.78. The Balaban J connectivity index is 1.57. The average Bonchev–Trinajstić information content (AvgIpc) is 3.36. The van der Waals surface area contributed by atoms with Crippen molar-refractivity contribution in [1.29, 1.82) is 5.41 Å². The van der Waals surface area contributed by atoms with Crippen LogP contribution >= 0.6 is 0 Å². The van der Waals surface area contributed by atoms with Crippen LogP contribution in [0.2, 0.25) is 0 Å². The fourth-order valence-corrected chi connectivity index (χ4v) is 4.20. The summed E-state index contributed by atoms with van der Waals surface area (Å²) in [5.74, 6) is 4.90. The van der Waals surface area contributed by atoms with Gasteiger partial charge in [0.25, 0.3) is 11.5 Å². The molecule has 5 rings (SSSR count). The molecular weight excluding hydrogens is 508 g/mol. The van der Waals surface area contributed by atoms with Crippen LogP contribution in [0.1, 0.15) is 40.3 Å². The smallest absolute Gasteiger partial charge is 0.270 e. The Morgan fingerprint density at radius 2 is 1.82 bits per heavy atom. The largest absolute Gasteiger partial charge is 0.383 e. The Bertz CT molecular complexity index is 1900. The zero-order valence-electron chi connectivity index (χ0n) is 21.6. The molecule has 0 saturated heterocycles. The second kappa shape index (κ2) is 10.5. The lowest BCUT2D eigenvalue weighted by atomic mass is 10.1. The molecule has 0 bridgehead atoms. The number of nitrogens with one attached hydrogen (secondary N) is 2. The Morgan fingerprint density at radius 1 is 1.05 bits per heavy atom. The van der Waals surface area contributed by atoms with E-state index in [0.29, 0.717) is 22.2 Å². The highest BCUT2D eigenvalue weighted by Crippen LogP contribution is 2.22. The number of amides is 1. The van der Waals surface area contributed by atoms with E-state index < -0.39 is 17.5 Å². The quantitative estimate of drug-likeness (QED) is 0.196. The number of benzene rings is 1. The van der Waals surface area contributed by atoms with Crippen molar-refractivity contribution in [3.8, 4) is 17.5 Å². The maximum atomic E-state index is 13.8. The molecule has 0 radical (unpaired) electrons. The number of anilines is 2. The first kappa shape index (κ1) is 25.8. The second-order valence-electron chi connectivity index (χ2n) is 8.89. The van der Waals surface area contributed by atoms with Gasteiger partial charge < -0.3 is 16.8 Å². The van der Waals surface area contributed by atoms with E-state index in [2.05, 4.69) is 37.2 Å². The van der Waals surface area contributed by atoms with Crippen LogP contribution in [0, 0.1) is 17.3 Å². The lowest BCUT2D eigenvalue weighted by molar-refractivity contribution is 0.0940. The van der Waals surface area contributed by atoms with E-state index in [9.17, 15) is 9.59 Å². The predicted octanol–water partition coefficient (Wildman–Crippen LogP) is 1.98. The number of aryl methyl sites for hydroxylation is 1. The van der Waals surface area contributed by atoms with Gasteiger partial charge >= 0.3 is 0 Å². The summed E-state index contributed by atoms with van der Waals surface area (Å²) >= 11 is 0. The molecule has 12 heteroatoms.